The molecule has 0 aromatic carbocycles. The van der Waals surface area contributed by atoms with E-state index < -0.39 is 0 Å². The first-order valence-electron chi connectivity index (χ1n) is 5.46. The van der Waals surface area contributed by atoms with Crippen LogP contribution < -0.4 is 5.32 Å². The van der Waals surface area contributed by atoms with Crippen LogP contribution in [0.2, 0.25) is 0 Å². The van der Waals surface area contributed by atoms with Crippen LogP contribution in [0.5, 0.6) is 0 Å². The van der Waals surface area contributed by atoms with E-state index in [4.69, 9.17) is 5.11 Å². The molecule has 0 radical (unpaired) electrons. The van der Waals surface area contributed by atoms with Crippen molar-refractivity contribution in [3.63, 3.8) is 0 Å². The molecular weight excluding hydrogens is 206 g/mol. The molecule has 1 rings (SSSR count). The zero-order chi connectivity index (χ0) is 12.1. The highest BCUT2D eigenvalue weighted by atomic mass is 16.3. The van der Waals surface area contributed by atoms with Crippen molar-refractivity contribution in [2.45, 2.75) is 32.9 Å². The standard InChI is InChI=1S/C11H19N3O2/c1-8(7-15)9(2)13-11(16)10(3)14-6-4-5-12-14/h4-6,8-10,15H,7H2,1-3H3,(H,13,16). The van der Waals surface area contributed by atoms with E-state index in [0.717, 1.165) is 0 Å². The van der Waals surface area contributed by atoms with Crippen molar-refractivity contribution in [3.8, 4) is 0 Å². The number of amides is 1. The van der Waals surface area contributed by atoms with E-state index in [-0.39, 0.29) is 30.5 Å². The number of aromatic nitrogens is 2. The van der Waals surface area contributed by atoms with Gasteiger partial charge in [-0.1, -0.05) is 6.92 Å². The molecule has 5 heteroatoms. The number of hydrogen-bond acceptors (Lipinski definition) is 3. The minimum absolute atomic E-state index is 0.0458. The Bertz CT molecular complexity index is 324. The van der Waals surface area contributed by atoms with Crippen LogP contribution in [0, 0.1) is 5.92 Å². The molecular formula is C11H19N3O2. The second-order valence-corrected chi connectivity index (χ2v) is 4.12. The number of hydrogen-bond donors (Lipinski definition) is 2. The van der Waals surface area contributed by atoms with Crippen molar-refractivity contribution < 1.29 is 9.90 Å². The number of nitrogens with zero attached hydrogens (tertiary/aromatic N) is 2. The molecule has 1 heterocycles. The van der Waals surface area contributed by atoms with Crippen LogP contribution in [-0.4, -0.2) is 33.4 Å². The largest absolute Gasteiger partial charge is 0.396 e. The average molecular weight is 225 g/mol. The van der Waals surface area contributed by atoms with E-state index in [2.05, 4.69) is 10.4 Å². The van der Waals surface area contributed by atoms with Gasteiger partial charge in [-0.2, -0.15) is 5.10 Å². The van der Waals surface area contributed by atoms with Crippen molar-refractivity contribution in [1.29, 1.82) is 0 Å². The first-order valence-corrected chi connectivity index (χ1v) is 5.46. The molecule has 0 fully saturated rings. The second kappa shape index (κ2) is 5.65. The molecule has 90 valence electrons. The predicted octanol–water partition coefficient (Wildman–Crippen LogP) is 0.577. The monoisotopic (exact) mass is 225 g/mol. The van der Waals surface area contributed by atoms with Crippen LogP contribution in [-0.2, 0) is 4.79 Å². The third-order valence-electron chi connectivity index (χ3n) is 2.81. The zero-order valence-electron chi connectivity index (χ0n) is 9.92. The summed E-state index contributed by atoms with van der Waals surface area (Å²) < 4.78 is 1.60. The Kier molecular flexibility index (Phi) is 4.49. The molecule has 1 amide bonds. The SMILES string of the molecule is CC(CO)C(C)NC(=O)C(C)n1cccn1. The summed E-state index contributed by atoms with van der Waals surface area (Å²) in [4.78, 5) is 11.8. The summed E-state index contributed by atoms with van der Waals surface area (Å²) in [5.74, 6) is -0.0368. The lowest BCUT2D eigenvalue weighted by atomic mass is 10.0. The maximum Gasteiger partial charge on any atom is 0.244 e. The van der Waals surface area contributed by atoms with Crippen LogP contribution in [0.3, 0.4) is 0 Å². The Morgan fingerprint density at radius 1 is 1.50 bits per heavy atom. The topological polar surface area (TPSA) is 67.2 Å². The van der Waals surface area contributed by atoms with Gasteiger partial charge in [0.25, 0.3) is 0 Å². The molecule has 3 unspecified atom stereocenters. The van der Waals surface area contributed by atoms with Gasteiger partial charge < -0.3 is 10.4 Å². The van der Waals surface area contributed by atoms with Gasteiger partial charge in [-0.15, -0.1) is 0 Å². The van der Waals surface area contributed by atoms with Gasteiger partial charge in [-0.05, 0) is 25.8 Å². The molecule has 5 nitrogen and oxygen atoms in total. The quantitative estimate of drug-likeness (QED) is 0.770. The molecule has 1 aromatic heterocycles. The Morgan fingerprint density at radius 3 is 2.69 bits per heavy atom. The Morgan fingerprint density at radius 2 is 2.19 bits per heavy atom. The first-order chi connectivity index (χ1) is 7.56. The minimum Gasteiger partial charge on any atom is -0.396 e. The second-order valence-electron chi connectivity index (χ2n) is 4.12. The summed E-state index contributed by atoms with van der Waals surface area (Å²) in [5.41, 5.74) is 0. The van der Waals surface area contributed by atoms with E-state index >= 15 is 0 Å². The fourth-order valence-electron chi connectivity index (χ4n) is 1.28. The van der Waals surface area contributed by atoms with E-state index in [0.29, 0.717) is 0 Å². The van der Waals surface area contributed by atoms with Gasteiger partial charge in [0.15, 0.2) is 0 Å². The van der Waals surface area contributed by atoms with Gasteiger partial charge in [0, 0.05) is 25.0 Å². The summed E-state index contributed by atoms with van der Waals surface area (Å²) in [7, 11) is 0. The van der Waals surface area contributed by atoms with Crippen molar-refractivity contribution in [2.24, 2.45) is 5.92 Å². The molecule has 0 bridgehead atoms. The Labute approximate surface area is 95.5 Å². The van der Waals surface area contributed by atoms with Crippen molar-refractivity contribution in [2.75, 3.05) is 6.61 Å². The molecule has 2 N–H and O–H groups in total. The lowest BCUT2D eigenvalue weighted by molar-refractivity contribution is -0.125. The van der Waals surface area contributed by atoms with Crippen LogP contribution in [0.4, 0.5) is 0 Å². The van der Waals surface area contributed by atoms with Gasteiger partial charge in [0.05, 0.1) is 0 Å². The first kappa shape index (κ1) is 12.7. The van der Waals surface area contributed by atoms with E-state index in [1.165, 1.54) is 0 Å². The van der Waals surface area contributed by atoms with Crippen LogP contribution in [0.15, 0.2) is 18.5 Å². The minimum atomic E-state index is -0.330. The number of rotatable bonds is 5. The van der Waals surface area contributed by atoms with Gasteiger partial charge in [0.1, 0.15) is 6.04 Å². The lowest BCUT2D eigenvalue weighted by Crippen LogP contribution is -2.41. The summed E-state index contributed by atoms with van der Waals surface area (Å²) >= 11 is 0. The number of carbonyl (C=O) groups is 1. The third-order valence-corrected chi connectivity index (χ3v) is 2.81. The highest BCUT2D eigenvalue weighted by Crippen LogP contribution is 2.06. The highest BCUT2D eigenvalue weighted by molar-refractivity contribution is 5.80. The molecule has 1 aromatic rings. The normalized spacial score (nSPS) is 16.5. The molecule has 0 spiro atoms. The number of aliphatic hydroxyl groups excluding tert-OH is 1. The van der Waals surface area contributed by atoms with Crippen molar-refractivity contribution >= 4 is 5.91 Å². The zero-order valence-corrected chi connectivity index (χ0v) is 9.92. The fraction of sp³-hybridized carbons (Fsp3) is 0.636. The van der Waals surface area contributed by atoms with Crippen LogP contribution in [0.25, 0.3) is 0 Å². The number of carbonyl (C=O) groups excluding carboxylic acids is 1. The molecule has 0 saturated heterocycles. The lowest BCUT2D eigenvalue weighted by Gasteiger charge is -2.21. The Balaban J connectivity index is 2.52. The van der Waals surface area contributed by atoms with Crippen molar-refractivity contribution in [1.82, 2.24) is 15.1 Å². The summed E-state index contributed by atoms with van der Waals surface area (Å²) in [6.07, 6.45) is 3.40. The molecule has 0 aliphatic carbocycles. The van der Waals surface area contributed by atoms with E-state index in [1.807, 2.05) is 13.8 Å². The van der Waals surface area contributed by atoms with Gasteiger partial charge in [0.2, 0.25) is 5.91 Å². The summed E-state index contributed by atoms with van der Waals surface area (Å²) in [6, 6.07) is 1.41. The fourth-order valence-corrected chi connectivity index (χ4v) is 1.28. The number of aliphatic hydroxyl groups is 1. The summed E-state index contributed by atoms with van der Waals surface area (Å²) in [5, 5.41) is 15.8. The van der Waals surface area contributed by atoms with Gasteiger partial charge in [-0.3, -0.25) is 9.48 Å². The molecule has 0 saturated carbocycles. The maximum atomic E-state index is 11.8. The maximum absolute atomic E-state index is 11.8. The molecule has 0 aliphatic rings. The molecule has 3 atom stereocenters. The highest BCUT2D eigenvalue weighted by Gasteiger charge is 2.19. The van der Waals surface area contributed by atoms with Crippen LogP contribution in [0.1, 0.15) is 26.8 Å². The van der Waals surface area contributed by atoms with Crippen LogP contribution >= 0.6 is 0 Å². The van der Waals surface area contributed by atoms with E-state index in [9.17, 15) is 4.79 Å². The summed E-state index contributed by atoms with van der Waals surface area (Å²) in [6.45, 7) is 5.63. The Hall–Kier alpha value is -1.36. The van der Waals surface area contributed by atoms with Crippen molar-refractivity contribution in [3.05, 3.63) is 18.5 Å². The third kappa shape index (κ3) is 3.06. The predicted molar refractivity (Wildman–Crippen MR) is 60.8 cm³/mol. The molecule has 0 aliphatic heterocycles. The smallest absolute Gasteiger partial charge is 0.244 e. The van der Waals surface area contributed by atoms with Gasteiger partial charge in [-0.25, -0.2) is 0 Å². The van der Waals surface area contributed by atoms with Gasteiger partial charge >= 0.3 is 0 Å². The number of nitrogens with one attached hydrogen (secondary N) is 1. The molecule has 16 heavy (non-hydrogen) atoms. The average Bonchev–Trinajstić information content (AvgIpc) is 2.79. The van der Waals surface area contributed by atoms with E-state index in [1.54, 1.807) is 30.1 Å².